The first-order chi connectivity index (χ1) is 9.49. The Morgan fingerprint density at radius 2 is 1.70 bits per heavy atom. The fourth-order valence-corrected chi connectivity index (χ4v) is 1.96. The lowest BCUT2D eigenvalue weighted by Gasteiger charge is -2.15. The third-order valence-electron chi connectivity index (χ3n) is 2.87. The van der Waals surface area contributed by atoms with Crippen molar-refractivity contribution in [1.29, 1.82) is 0 Å². The van der Waals surface area contributed by atoms with Crippen LogP contribution in [0.4, 0.5) is 14.6 Å². The van der Waals surface area contributed by atoms with Crippen molar-refractivity contribution in [3.63, 3.8) is 0 Å². The zero-order valence-electron chi connectivity index (χ0n) is 11.7. The van der Waals surface area contributed by atoms with Crippen LogP contribution in [-0.4, -0.2) is 26.1 Å². The zero-order chi connectivity index (χ0) is 14.7. The first-order valence-electron chi connectivity index (χ1n) is 6.29. The predicted molar refractivity (Wildman–Crippen MR) is 76.7 cm³/mol. The summed E-state index contributed by atoms with van der Waals surface area (Å²) in [7, 11) is 5.60. The maximum atomic E-state index is 13.3. The van der Waals surface area contributed by atoms with Crippen molar-refractivity contribution >= 4 is 5.82 Å². The standard InChI is InChI=1S/C15H17F2N3/c1-18-9-10-4-14(19-15(5-10)20(2)3)11-6-12(16)8-13(17)7-11/h4-8,18H,9H2,1-3H3. The van der Waals surface area contributed by atoms with Crippen LogP contribution in [0.3, 0.4) is 0 Å². The van der Waals surface area contributed by atoms with Gasteiger partial charge in [0.25, 0.3) is 0 Å². The van der Waals surface area contributed by atoms with Crippen LogP contribution in [0.15, 0.2) is 30.3 Å². The maximum absolute atomic E-state index is 13.3. The first-order valence-corrected chi connectivity index (χ1v) is 6.29. The molecule has 2 rings (SSSR count). The number of hydrogen-bond donors (Lipinski definition) is 1. The Labute approximate surface area is 117 Å². The van der Waals surface area contributed by atoms with Crippen molar-refractivity contribution in [3.8, 4) is 11.3 Å². The molecule has 1 aromatic heterocycles. The van der Waals surface area contributed by atoms with Gasteiger partial charge in [-0.1, -0.05) is 0 Å². The van der Waals surface area contributed by atoms with Gasteiger partial charge in [0, 0.05) is 32.3 Å². The summed E-state index contributed by atoms with van der Waals surface area (Å²) < 4.78 is 26.7. The summed E-state index contributed by atoms with van der Waals surface area (Å²) in [6, 6.07) is 7.20. The highest BCUT2D eigenvalue weighted by Gasteiger charge is 2.09. The van der Waals surface area contributed by atoms with Crippen LogP contribution >= 0.6 is 0 Å². The SMILES string of the molecule is CNCc1cc(-c2cc(F)cc(F)c2)nc(N(C)C)c1. The molecule has 1 N–H and O–H groups in total. The van der Waals surface area contributed by atoms with E-state index >= 15 is 0 Å². The number of rotatable bonds is 4. The number of nitrogens with one attached hydrogen (secondary N) is 1. The molecule has 0 radical (unpaired) electrons. The number of benzene rings is 1. The van der Waals surface area contributed by atoms with Gasteiger partial charge in [-0.25, -0.2) is 13.8 Å². The molecule has 0 spiro atoms. The molecule has 1 heterocycles. The summed E-state index contributed by atoms with van der Waals surface area (Å²) in [5, 5.41) is 3.06. The summed E-state index contributed by atoms with van der Waals surface area (Å²) in [6.45, 7) is 0.661. The fraction of sp³-hybridized carbons (Fsp3) is 0.267. The number of aromatic nitrogens is 1. The highest BCUT2D eigenvalue weighted by atomic mass is 19.1. The molecule has 3 nitrogen and oxygen atoms in total. The summed E-state index contributed by atoms with van der Waals surface area (Å²) in [5.41, 5.74) is 1.99. The van der Waals surface area contributed by atoms with Gasteiger partial charge in [0.1, 0.15) is 17.5 Å². The molecular formula is C15H17F2N3. The molecule has 106 valence electrons. The van der Waals surface area contributed by atoms with Crippen molar-refractivity contribution in [3.05, 3.63) is 47.5 Å². The highest BCUT2D eigenvalue weighted by Crippen LogP contribution is 2.24. The second kappa shape index (κ2) is 5.96. The molecule has 0 fully saturated rings. The van der Waals surface area contributed by atoms with E-state index in [0.29, 0.717) is 17.8 Å². The van der Waals surface area contributed by atoms with E-state index in [0.717, 1.165) is 17.4 Å². The predicted octanol–water partition coefficient (Wildman–Crippen LogP) is 2.81. The Morgan fingerprint density at radius 3 is 2.25 bits per heavy atom. The second-order valence-corrected chi connectivity index (χ2v) is 4.80. The van der Waals surface area contributed by atoms with E-state index in [1.54, 1.807) is 0 Å². The van der Waals surface area contributed by atoms with E-state index in [-0.39, 0.29) is 0 Å². The van der Waals surface area contributed by atoms with E-state index in [1.165, 1.54) is 12.1 Å². The van der Waals surface area contributed by atoms with Gasteiger partial charge in [-0.05, 0) is 36.9 Å². The topological polar surface area (TPSA) is 28.2 Å². The second-order valence-electron chi connectivity index (χ2n) is 4.80. The lowest BCUT2D eigenvalue weighted by molar-refractivity contribution is 0.584. The molecule has 0 bridgehead atoms. The Bertz CT molecular complexity index is 592. The molecule has 0 aliphatic heterocycles. The molecule has 0 saturated heterocycles. The van der Waals surface area contributed by atoms with Crippen LogP contribution in [0.1, 0.15) is 5.56 Å². The number of halogens is 2. The molecular weight excluding hydrogens is 260 g/mol. The van der Waals surface area contributed by atoms with Gasteiger partial charge in [0.2, 0.25) is 0 Å². The number of hydrogen-bond acceptors (Lipinski definition) is 3. The minimum absolute atomic E-state index is 0.434. The molecule has 0 saturated carbocycles. The van der Waals surface area contributed by atoms with E-state index in [4.69, 9.17) is 0 Å². The molecule has 0 amide bonds. The molecule has 0 atom stereocenters. The smallest absolute Gasteiger partial charge is 0.129 e. The Balaban J connectivity index is 2.54. The quantitative estimate of drug-likeness (QED) is 0.931. The monoisotopic (exact) mass is 277 g/mol. The molecule has 0 unspecified atom stereocenters. The zero-order valence-corrected chi connectivity index (χ0v) is 11.7. The van der Waals surface area contributed by atoms with Crippen molar-refractivity contribution in [2.45, 2.75) is 6.54 Å². The third-order valence-corrected chi connectivity index (χ3v) is 2.87. The average Bonchev–Trinajstić information content (AvgIpc) is 2.37. The van der Waals surface area contributed by atoms with Gasteiger partial charge in [-0.3, -0.25) is 0 Å². The largest absolute Gasteiger partial charge is 0.363 e. The van der Waals surface area contributed by atoms with Gasteiger partial charge < -0.3 is 10.2 Å². The molecule has 1 aromatic carbocycles. The van der Waals surface area contributed by atoms with Crippen LogP contribution < -0.4 is 10.2 Å². The van der Waals surface area contributed by atoms with Crippen LogP contribution in [0.5, 0.6) is 0 Å². The van der Waals surface area contributed by atoms with Crippen LogP contribution in [0.25, 0.3) is 11.3 Å². The normalized spacial score (nSPS) is 10.7. The summed E-state index contributed by atoms with van der Waals surface area (Å²) in [4.78, 5) is 6.29. The van der Waals surface area contributed by atoms with Gasteiger partial charge >= 0.3 is 0 Å². The first kappa shape index (κ1) is 14.4. The van der Waals surface area contributed by atoms with E-state index in [9.17, 15) is 8.78 Å². The minimum atomic E-state index is -0.604. The Hall–Kier alpha value is -2.01. The summed E-state index contributed by atoms with van der Waals surface area (Å²) >= 11 is 0. The maximum Gasteiger partial charge on any atom is 0.129 e. The third kappa shape index (κ3) is 3.30. The highest BCUT2D eigenvalue weighted by molar-refractivity contribution is 5.63. The Kier molecular flexibility index (Phi) is 4.29. The Morgan fingerprint density at radius 1 is 1.05 bits per heavy atom. The minimum Gasteiger partial charge on any atom is -0.363 e. The van der Waals surface area contributed by atoms with E-state index in [1.807, 2.05) is 38.2 Å². The van der Waals surface area contributed by atoms with Crippen LogP contribution in [0.2, 0.25) is 0 Å². The van der Waals surface area contributed by atoms with Crippen molar-refractivity contribution in [1.82, 2.24) is 10.3 Å². The summed E-state index contributed by atoms with van der Waals surface area (Å²) in [6.07, 6.45) is 0. The lowest BCUT2D eigenvalue weighted by atomic mass is 10.1. The molecule has 5 heteroatoms. The molecule has 20 heavy (non-hydrogen) atoms. The van der Waals surface area contributed by atoms with Crippen molar-refractivity contribution in [2.24, 2.45) is 0 Å². The van der Waals surface area contributed by atoms with Crippen LogP contribution in [0, 0.1) is 11.6 Å². The number of anilines is 1. The van der Waals surface area contributed by atoms with E-state index in [2.05, 4.69) is 10.3 Å². The van der Waals surface area contributed by atoms with E-state index < -0.39 is 11.6 Å². The number of nitrogens with zero attached hydrogens (tertiary/aromatic N) is 2. The summed E-state index contributed by atoms with van der Waals surface area (Å²) in [5.74, 6) is -0.461. The fourth-order valence-electron chi connectivity index (χ4n) is 1.96. The lowest BCUT2D eigenvalue weighted by Crippen LogP contribution is -2.13. The molecule has 0 aliphatic rings. The van der Waals surface area contributed by atoms with Crippen molar-refractivity contribution < 1.29 is 8.78 Å². The number of pyridine rings is 1. The van der Waals surface area contributed by atoms with Gasteiger partial charge in [0.05, 0.1) is 5.69 Å². The molecule has 0 aliphatic carbocycles. The van der Waals surface area contributed by atoms with Crippen LogP contribution in [-0.2, 0) is 6.54 Å². The van der Waals surface area contributed by atoms with Gasteiger partial charge in [0.15, 0.2) is 0 Å². The van der Waals surface area contributed by atoms with Crippen molar-refractivity contribution in [2.75, 3.05) is 26.0 Å². The average molecular weight is 277 g/mol. The molecule has 2 aromatic rings. The van der Waals surface area contributed by atoms with Gasteiger partial charge in [-0.15, -0.1) is 0 Å². The van der Waals surface area contributed by atoms with Gasteiger partial charge in [-0.2, -0.15) is 0 Å².